The molecule has 3 rings (SSSR count). The van der Waals surface area contributed by atoms with Crippen molar-refractivity contribution >= 4 is 21.9 Å². The Bertz CT molecular complexity index is 1300. The van der Waals surface area contributed by atoms with Crippen LogP contribution in [0.5, 0.6) is 5.88 Å². The zero-order valence-corrected chi connectivity index (χ0v) is 19.3. The molecule has 0 spiro atoms. The first-order chi connectivity index (χ1) is 16.5. The lowest BCUT2D eigenvalue weighted by molar-refractivity contribution is -0.200. The third-order valence-corrected chi connectivity index (χ3v) is 5.28. The largest absolute Gasteiger partial charge is 0.493 e. The molecule has 1 aromatic heterocycles. The van der Waals surface area contributed by atoms with E-state index in [1.807, 2.05) is 0 Å². The molecule has 0 atom stereocenters. The van der Waals surface area contributed by atoms with Gasteiger partial charge in [-0.2, -0.15) is 18.2 Å². The molecular formula is C22H17BrF5N3O4. The first-order valence-corrected chi connectivity index (χ1v) is 10.7. The average Bonchev–Trinajstić information content (AvgIpc) is 2.78. The summed E-state index contributed by atoms with van der Waals surface area (Å²) in [6.07, 6.45) is -5.08. The molecule has 0 radical (unpaired) electrons. The van der Waals surface area contributed by atoms with Gasteiger partial charge in [-0.25, -0.2) is 13.6 Å². The highest BCUT2D eigenvalue weighted by molar-refractivity contribution is 9.10. The number of hydrogen-bond acceptors (Lipinski definition) is 6. The molecule has 0 aliphatic rings. The van der Waals surface area contributed by atoms with E-state index in [1.54, 1.807) is 24.3 Å². The summed E-state index contributed by atoms with van der Waals surface area (Å²) in [6.45, 7) is -0.124. The monoisotopic (exact) mass is 561 g/mol. The lowest BCUT2D eigenvalue weighted by Gasteiger charge is -2.16. The van der Waals surface area contributed by atoms with E-state index in [0.29, 0.717) is 24.6 Å². The fourth-order valence-electron chi connectivity index (χ4n) is 2.97. The van der Waals surface area contributed by atoms with Crippen LogP contribution >= 0.6 is 15.9 Å². The number of nitrogens with zero attached hydrogens (tertiary/aromatic N) is 2. The van der Waals surface area contributed by atoms with Crippen molar-refractivity contribution < 1.29 is 36.3 Å². The number of carbonyl (C=O) groups is 1. The van der Waals surface area contributed by atoms with Gasteiger partial charge in [-0.1, -0.05) is 24.3 Å². The summed E-state index contributed by atoms with van der Waals surface area (Å²) in [7, 11) is 0. The fourth-order valence-corrected chi connectivity index (χ4v) is 3.34. The first kappa shape index (κ1) is 26.3. The van der Waals surface area contributed by atoms with Gasteiger partial charge in [0.2, 0.25) is 5.88 Å². The van der Waals surface area contributed by atoms with Gasteiger partial charge in [-0.15, -0.1) is 4.73 Å². The average molecular weight is 562 g/mol. The summed E-state index contributed by atoms with van der Waals surface area (Å²) in [5.41, 5.74) is 5.63. The second-order valence-electron chi connectivity index (χ2n) is 7.18. The van der Waals surface area contributed by atoms with Crippen molar-refractivity contribution in [2.45, 2.75) is 25.6 Å². The standard InChI is InChI=1S/C22H17BrF5N3O4/c23-18-19(34-11-14-4-5-15(24)10-16(14)25)30-17(9-13-3-1-2-12(8-13)6-7-29)31(20(18)32)35-21(33)22(26,27)28/h1-5,8,10H,6-7,9,11,29H2. The predicted octanol–water partition coefficient (Wildman–Crippen LogP) is 3.47. The molecule has 0 bridgehead atoms. The maximum atomic E-state index is 13.9. The Kier molecular flexibility index (Phi) is 8.22. The quantitative estimate of drug-likeness (QED) is 0.423. The number of ether oxygens (including phenoxy) is 1. The van der Waals surface area contributed by atoms with Gasteiger partial charge in [0.25, 0.3) is 0 Å². The van der Waals surface area contributed by atoms with Gasteiger partial charge in [0.15, 0.2) is 5.82 Å². The minimum atomic E-state index is -5.38. The van der Waals surface area contributed by atoms with Crippen molar-refractivity contribution in [1.29, 1.82) is 0 Å². The Hall–Kier alpha value is -3.32. The molecule has 35 heavy (non-hydrogen) atoms. The minimum absolute atomic E-state index is 0.0659. The SMILES string of the molecule is NCCc1cccc(Cc2nc(OCc3ccc(F)cc3F)c(Br)c(=O)n2OC(=O)C(F)(F)F)c1. The molecule has 7 nitrogen and oxygen atoms in total. The summed E-state index contributed by atoms with van der Waals surface area (Å²) in [5.74, 6) is -5.14. The minimum Gasteiger partial charge on any atom is -0.472 e. The number of alkyl halides is 3. The van der Waals surface area contributed by atoms with Crippen molar-refractivity contribution in [3.05, 3.63) is 91.4 Å². The predicted molar refractivity (Wildman–Crippen MR) is 117 cm³/mol. The highest BCUT2D eigenvalue weighted by atomic mass is 79.9. The molecule has 0 fully saturated rings. The molecule has 0 aliphatic carbocycles. The molecule has 0 unspecified atom stereocenters. The van der Waals surface area contributed by atoms with E-state index >= 15 is 0 Å². The Labute approximate surface area is 203 Å². The second kappa shape index (κ2) is 11.0. The molecule has 0 saturated carbocycles. The van der Waals surface area contributed by atoms with Gasteiger partial charge in [-0.3, -0.25) is 4.79 Å². The number of halogens is 6. The van der Waals surface area contributed by atoms with Crippen molar-refractivity contribution in [1.82, 2.24) is 9.71 Å². The van der Waals surface area contributed by atoms with Crippen molar-refractivity contribution in [2.75, 3.05) is 6.54 Å². The first-order valence-electron chi connectivity index (χ1n) is 9.95. The van der Waals surface area contributed by atoms with Crippen LogP contribution in [0.2, 0.25) is 0 Å². The maximum absolute atomic E-state index is 13.9. The summed E-state index contributed by atoms with van der Waals surface area (Å²) in [6, 6.07) is 9.54. The molecule has 0 saturated heterocycles. The number of benzene rings is 2. The highest BCUT2D eigenvalue weighted by Gasteiger charge is 2.42. The number of aromatic nitrogens is 2. The number of nitrogens with two attached hydrogens (primary N) is 1. The van der Waals surface area contributed by atoms with Gasteiger partial charge in [0.1, 0.15) is 22.7 Å². The maximum Gasteiger partial charge on any atom is 0.493 e. The summed E-state index contributed by atoms with van der Waals surface area (Å²) < 4.78 is 70.5. The van der Waals surface area contributed by atoms with Crippen molar-refractivity contribution in [2.24, 2.45) is 5.73 Å². The van der Waals surface area contributed by atoms with E-state index in [9.17, 15) is 31.5 Å². The Morgan fingerprint density at radius 1 is 1.11 bits per heavy atom. The van der Waals surface area contributed by atoms with Gasteiger partial charge < -0.3 is 15.3 Å². The Morgan fingerprint density at radius 2 is 1.83 bits per heavy atom. The molecular weight excluding hydrogens is 545 g/mol. The van der Waals surface area contributed by atoms with E-state index in [4.69, 9.17) is 10.5 Å². The van der Waals surface area contributed by atoms with E-state index in [2.05, 4.69) is 25.8 Å². The Morgan fingerprint density at radius 3 is 2.49 bits per heavy atom. The lowest BCUT2D eigenvalue weighted by Crippen LogP contribution is -2.40. The van der Waals surface area contributed by atoms with Gasteiger partial charge in [0, 0.05) is 18.1 Å². The van der Waals surface area contributed by atoms with Crippen LogP contribution in [0.4, 0.5) is 22.0 Å². The molecule has 2 N–H and O–H groups in total. The van der Waals surface area contributed by atoms with Crippen LogP contribution in [-0.2, 0) is 24.2 Å². The van der Waals surface area contributed by atoms with Gasteiger partial charge >= 0.3 is 17.7 Å². The topological polar surface area (TPSA) is 96.4 Å². The normalized spacial score (nSPS) is 11.4. The van der Waals surface area contributed by atoms with Crippen LogP contribution < -0.4 is 20.9 Å². The van der Waals surface area contributed by atoms with Gasteiger partial charge in [-0.05, 0) is 52.2 Å². The molecule has 186 valence electrons. The van der Waals surface area contributed by atoms with Crippen LogP contribution in [0, 0.1) is 11.6 Å². The van der Waals surface area contributed by atoms with E-state index in [1.165, 1.54) is 0 Å². The zero-order chi connectivity index (χ0) is 25.8. The Balaban J connectivity index is 2.01. The number of carbonyl (C=O) groups excluding carboxylic acids is 1. The fraction of sp³-hybridized carbons (Fsp3) is 0.227. The van der Waals surface area contributed by atoms with Crippen molar-refractivity contribution in [3.63, 3.8) is 0 Å². The molecule has 13 heteroatoms. The summed E-state index contributed by atoms with van der Waals surface area (Å²) >= 11 is 2.87. The third kappa shape index (κ3) is 6.63. The molecule has 1 heterocycles. The third-order valence-electron chi connectivity index (χ3n) is 4.60. The van der Waals surface area contributed by atoms with Crippen LogP contribution in [0.25, 0.3) is 0 Å². The molecule has 0 aliphatic heterocycles. The highest BCUT2D eigenvalue weighted by Crippen LogP contribution is 2.23. The molecule has 0 amide bonds. The molecule has 2 aromatic carbocycles. The van der Waals surface area contributed by atoms with Crippen LogP contribution in [0.3, 0.4) is 0 Å². The second-order valence-corrected chi connectivity index (χ2v) is 7.98. The summed E-state index contributed by atoms with van der Waals surface area (Å²) in [4.78, 5) is 32.5. The van der Waals surface area contributed by atoms with Crippen LogP contribution in [0.1, 0.15) is 22.5 Å². The van der Waals surface area contributed by atoms with E-state index in [0.717, 1.165) is 17.7 Å². The number of rotatable bonds is 8. The van der Waals surface area contributed by atoms with E-state index in [-0.39, 0.29) is 16.7 Å². The van der Waals surface area contributed by atoms with Crippen molar-refractivity contribution in [3.8, 4) is 5.88 Å². The van der Waals surface area contributed by atoms with Crippen LogP contribution in [-0.4, -0.2) is 28.4 Å². The smallest absolute Gasteiger partial charge is 0.472 e. The van der Waals surface area contributed by atoms with Crippen LogP contribution in [0.15, 0.2) is 51.7 Å². The zero-order valence-electron chi connectivity index (χ0n) is 17.7. The molecule has 3 aromatic rings. The summed E-state index contributed by atoms with van der Waals surface area (Å²) in [5, 5.41) is 0. The van der Waals surface area contributed by atoms with Gasteiger partial charge in [0.05, 0.1) is 0 Å². The van der Waals surface area contributed by atoms with E-state index < -0.39 is 52.1 Å². The lowest BCUT2D eigenvalue weighted by atomic mass is 10.1. The number of hydrogen-bond donors (Lipinski definition) is 1.